The van der Waals surface area contributed by atoms with Crippen molar-refractivity contribution in [2.75, 3.05) is 0 Å². The maximum absolute atomic E-state index is 13.0. The third kappa shape index (κ3) is 3.95. The van der Waals surface area contributed by atoms with E-state index < -0.39 is 17.0 Å². The monoisotopic (exact) mass is 349 g/mol. The Balaban J connectivity index is 2.71. The van der Waals surface area contributed by atoms with Gasteiger partial charge in [-0.3, -0.25) is 14.6 Å². The molecule has 1 heterocycles. The molecule has 2 rings (SSSR count). The van der Waals surface area contributed by atoms with Crippen LogP contribution in [0.2, 0.25) is 0 Å². The van der Waals surface area contributed by atoms with Crippen molar-refractivity contribution in [2.45, 2.75) is 26.7 Å². The van der Waals surface area contributed by atoms with Gasteiger partial charge in [0.1, 0.15) is 0 Å². The molecular weight excluding hydrogens is 330 g/mol. The molecule has 0 saturated heterocycles. The van der Waals surface area contributed by atoms with E-state index >= 15 is 0 Å². The van der Waals surface area contributed by atoms with Crippen molar-refractivity contribution in [3.8, 4) is 6.07 Å². The van der Waals surface area contributed by atoms with E-state index in [0.717, 1.165) is 11.1 Å². The van der Waals surface area contributed by atoms with Crippen molar-refractivity contribution in [3.63, 3.8) is 0 Å². The van der Waals surface area contributed by atoms with E-state index in [1.54, 1.807) is 45.0 Å². The van der Waals surface area contributed by atoms with Crippen LogP contribution < -0.4 is 11.2 Å². The van der Waals surface area contributed by atoms with Gasteiger partial charge in [0.15, 0.2) is 0 Å². The molecule has 0 saturated carbocycles. The zero-order chi connectivity index (χ0) is 19.4. The molecule has 0 radical (unpaired) electrons. The summed E-state index contributed by atoms with van der Waals surface area (Å²) in [6.07, 6.45) is 2.88. The maximum atomic E-state index is 13.0. The quantitative estimate of drug-likeness (QED) is 0.639. The molecule has 0 spiro atoms. The van der Waals surface area contributed by atoms with Crippen LogP contribution in [0.1, 0.15) is 59.4 Å². The number of carbonyl (C=O) groups is 1. The molecule has 1 aromatic heterocycles. The second-order valence-corrected chi connectivity index (χ2v) is 6.27. The first-order chi connectivity index (χ1) is 12.2. The number of carbonyl (C=O) groups excluding carboxylic acids is 1. The topological polar surface area (TPSA) is 107 Å². The number of hydrogen-bond donors (Lipinski definition) is 2. The largest absolute Gasteiger partial charge is 0.326 e. The Morgan fingerprint density at radius 2 is 1.85 bits per heavy atom. The number of aromatic amines is 2. The molecule has 2 aromatic rings. The maximum Gasteiger partial charge on any atom is 0.326 e. The number of nitrogens with zero attached hydrogens (tertiary/aromatic N) is 1. The molecule has 0 aliphatic rings. The van der Waals surface area contributed by atoms with Crippen molar-refractivity contribution in [3.05, 3.63) is 79.6 Å². The molecule has 6 heteroatoms. The zero-order valence-electron chi connectivity index (χ0n) is 14.8. The van der Waals surface area contributed by atoms with Gasteiger partial charge in [0, 0.05) is 17.2 Å². The van der Waals surface area contributed by atoms with E-state index in [4.69, 9.17) is 5.26 Å². The third-order valence-electron chi connectivity index (χ3n) is 3.84. The van der Waals surface area contributed by atoms with Crippen LogP contribution >= 0.6 is 0 Å². The molecule has 0 aliphatic heterocycles. The van der Waals surface area contributed by atoms with Gasteiger partial charge >= 0.3 is 5.69 Å². The molecule has 0 amide bonds. The lowest BCUT2D eigenvalue weighted by Gasteiger charge is -2.12. The molecule has 26 heavy (non-hydrogen) atoms. The summed E-state index contributed by atoms with van der Waals surface area (Å²) in [6, 6.07) is 6.96. The number of nitriles is 1. The van der Waals surface area contributed by atoms with Gasteiger partial charge in [-0.05, 0) is 48.2 Å². The number of ketones is 1. The predicted octanol–water partition coefficient (Wildman–Crippen LogP) is 2.99. The van der Waals surface area contributed by atoms with Gasteiger partial charge < -0.3 is 4.98 Å². The number of allylic oxidation sites excluding steroid dienone is 2. The van der Waals surface area contributed by atoms with Crippen LogP contribution in [-0.2, 0) is 0 Å². The van der Waals surface area contributed by atoms with Crippen LogP contribution in [-0.4, -0.2) is 15.8 Å². The van der Waals surface area contributed by atoms with Crippen LogP contribution in [0.15, 0.2) is 40.4 Å². The highest BCUT2D eigenvalue weighted by molar-refractivity contribution is 6.09. The lowest BCUT2D eigenvalue weighted by atomic mass is 9.94. The highest BCUT2D eigenvalue weighted by Gasteiger charge is 2.21. The molecule has 6 nitrogen and oxygen atoms in total. The molecule has 132 valence electrons. The van der Waals surface area contributed by atoms with E-state index in [0.29, 0.717) is 11.1 Å². The van der Waals surface area contributed by atoms with Crippen molar-refractivity contribution in [2.24, 2.45) is 0 Å². The van der Waals surface area contributed by atoms with Crippen LogP contribution in [0.4, 0.5) is 0 Å². The van der Waals surface area contributed by atoms with Crippen molar-refractivity contribution in [1.82, 2.24) is 9.97 Å². The lowest BCUT2D eigenvalue weighted by molar-refractivity contribution is 0.103. The van der Waals surface area contributed by atoms with Crippen LogP contribution in [0.5, 0.6) is 0 Å². The number of aromatic nitrogens is 2. The number of nitrogens with one attached hydrogen (secondary N) is 2. The Kier molecular flexibility index (Phi) is 5.53. The Hall–Kier alpha value is -3.46. The summed E-state index contributed by atoms with van der Waals surface area (Å²) in [4.78, 5) is 41.5. The fourth-order valence-corrected chi connectivity index (χ4v) is 2.63. The van der Waals surface area contributed by atoms with Gasteiger partial charge in [-0.1, -0.05) is 26.0 Å². The van der Waals surface area contributed by atoms with Crippen LogP contribution in [0, 0.1) is 11.3 Å². The van der Waals surface area contributed by atoms with Gasteiger partial charge in [0.05, 0.1) is 11.8 Å². The summed E-state index contributed by atoms with van der Waals surface area (Å²) >= 11 is 0. The molecule has 0 bridgehead atoms. The predicted molar refractivity (Wildman–Crippen MR) is 101 cm³/mol. The minimum atomic E-state index is -0.733. The van der Waals surface area contributed by atoms with Crippen LogP contribution in [0.3, 0.4) is 0 Å². The summed E-state index contributed by atoms with van der Waals surface area (Å²) in [5, 5.41) is 8.72. The van der Waals surface area contributed by atoms with Crippen molar-refractivity contribution < 1.29 is 4.79 Å². The molecule has 0 aliphatic carbocycles. The fourth-order valence-electron chi connectivity index (χ4n) is 2.63. The van der Waals surface area contributed by atoms with E-state index in [1.165, 1.54) is 6.08 Å². The Morgan fingerprint density at radius 1 is 1.19 bits per heavy atom. The molecule has 1 aromatic carbocycles. The van der Waals surface area contributed by atoms with Gasteiger partial charge in [0.2, 0.25) is 5.78 Å². The Labute approximate surface area is 150 Å². The standard InChI is InChI=1S/C20H19N3O3/c1-11(2)14-8-13(6-5-7-21)9-15(10-14)18(24)17-16(12(3)4)19(25)23-20(26)22-17/h5-6,8-10,12H,1H2,2-4H3,(H2,22,23,25,26)/b6-5+. The zero-order valence-corrected chi connectivity index (χ0v) is 14.8. The molecule has 0 unspecified atom stereocenters. The second-order valence-electron chi connectivity index (χ2n) is 6.27. The summed E-state index contributed by atoms with van der Waals surface area (Å²) in [7, 11) is 0. The van der Waals surface area contributed by atoms with Gasteiger partial charge in [-0.25, -0.2) is 4.79 Å². The first-order valence-corrected chi connectivity index (χ1v) is 8.03. The summed E-state index contributed by atoms with van der Waals surface area (Å²) in [5.74, 6) is -0.719. The van der Waals surface area contributed by atoms with E-state index in [1.807, 2.05) is 6.07 Å². The summed E-state index contributed by atoms with van der Waals surface area (Å²) < 4.78 is 0. The first kappa shape index (κ1) is 18.9. The number of H-pyrrole nitrogens is 2. The Bertz CT molecular complexity index is 1060. The number of hydrogen-bond acceptors (Lipinski definition) is 4. The minimum Gasteiger partial charge on any atom is -0.304 e. The minimum absolute atomic E-state index is 0.0252. The lowest BCUT2D eigenvalue weighted by Crippen LogP contribution is -2.30. The van der Waals surface area contributed by atoms with Gasteiger partial charge in [-0.15, -0.1) is 0 Å². The van der Waals surface area contributed by atoms with Gasteiger partial charge in [-0.2, -0.15) is 5.26 Å². The van der Waals surface area contributed by atoms with Gasteiger partial charge in [0.25, 0.3) is 5.56 Å². The smallest absolute Gasteiger partial charge is 0.304 e. The van der Waals surface area contributed by atoms with Crippen molar-refractivity contribution in [1.29, 1.82) is 5.26 Å². The number of rotatable bonds is 5. The first-order valence-electron chi connectivity index (χ1n) is 8.03. The molecule has 0 atom stereocenters. The second kappa shape index (κ2) is 7.62. The van der Waals surface area contributed by atoms with E-state index in [9.17, 15) is 14.4 Å². The summed E-state index contributed by atoms with van der Waals surface area (Å²) in [5.41, 5.74) is 1.31. The Morgan fingerprint density at radius 3 is 2.42 bits per heavy atom. The molecular formula is C20H19N3O3. The highest BCUT2D eigenvalue weighted by atomic mass is 16.2. The highest BCUT2D eigenvalue weighted by Crippen LogP contribution is 2.22. The van der Waals surface area contributed by atoms with Crippen molar-refractivity contribution >= 4 is 17.4 Å². The average molecular weight is 349 g/mol. The molecule has 0 fully saturated rings. The van der Waals surface area contributed by atoms with E-state index in [2.05, 4.69) is 16.5 Å². The third-order valence-corrected chi connectivity index (χ3v) is 3.84. The average Bonchev–Trinajstić information content (AvgIpc) is 2.57. The van der Waals surface area contributed by atoms with Crippen LogP contribution in [0.25, 0.3) is 11.6 Å². The normalized spacial score (nSPS) is 10.9. The fraction of sp³-hybridized carbons (Fsp3) is 0.200. The number of benzene rings is 1. The summed E-state index contributed by atoms with van der Waals surface area (Å²) in [6.45, 7) is 9.22. The SMILES string of the molecule is C=C(C)c1cc(/C=C/C#N)cc(C(=O)c2[nH]c(=O)[nH]c(=O)c2C(C)C)c1. The molecule has 2 N–H and O–H groups in total. The van der Waals surface area contributed by atoms with E-state index in [-0.39, 0.29) is 17.2 Å².